The van der Waals surface area contributed by atoms with E-state index >= 15 is 0 Å². The molecule has 0 radical (unpaired) electrons. The van der Waals surface area contributed by atoms with Crippen molar-refractivity contribution in [3.63, 3.8) is 0 Å². The molecule has 0 aliphatic carbocycles. The highest BCUT2D eigenvalue weighted by Gasteiger charge is 2.13. The van der Waals surface area contributed by atoms with E-state index in [1.807, 2.05) is 31.3 Å². The Kier molecular flexibility index (Phi) is 3.13. The zero-order valence-corrected chi connectivity index (χ0v) is 11.0. The SMILES string of the molecule is Cn1ncc(-c2ccc(CC(C)(C)O)cc2)c1N. The fraction of sp³-hybridized carbons (Fsp3) is 0.357. The first-order chi connectivity index (χ1) is 8.37. The lowest BCUT2D eigenvalue weighted by Crippen LogP contribution is -2.21. The minimum Gasteiger partial charge on any atom is -0.390 e. The highest BCUT2D eigenvalue weighted by atomic mass is 16.3. The number of hydrogen-bond donors (Lipinski definition) is 2. The van der Waals surface area contributed by atoms with Crippen molar-refractivity contribution < 1.29 is 5.11 Å². The van der Waals surface area contributed by atoms with E-state index in [2.05, 4.69) is 5.10 Å². The quantitative estimate of drug-likeness (QED) is 0.869. The van der Waals surface area contributed by atoms with Gasteiger partial charge in [0.05, 0.1) is 11.8 Å². The summed E-state index contributed by atoms with van der Waals surface area (Å²) in [5.74, 6) is 0.658. The van der Waals surface area contributed by atoms with Crippen LogP contribution >= 0.6 is 0 Å². The Labute approximate surface area is 107 Å². The molecule has 4 heteroatoms. The largest absolute Gasteiger partial charge is 0.390 e. The van der Waals surface area contributed by atoms with E-state index < -0.39 is 5.60 Å². The molecular weight excluding hydrogens is 226 g/mol. The lowest BCUT2D eigenvalue weighted by Gasteiger charge is -2.17. The third kappa shape index (κ3) is 2.71. The number of aryl methyl sites for hydroxylation is 1. The fourth-order valence-corrected chi connectivity index (χ4v) is 1.97. The number of nitrogens with two attached hydrogens (primary N) is 1. The second-order valence-electron chi connectivity index (χ2n) is 5.25. The van der Waals surface area contributed by atoms with E-state index in [0.29, 0.717) is 12.2 Å². The molecule has 4 nitrogen and oxygen atoms in total. The van der Waals surface area contributed by atoms with Gasteiger partial charge in [0.15, 0.2) is 0 Å². The van der Waals surface area contributed by atoms with Crippen molar-refractivity contribution in [2.45, 2.75) is 25.9 Å². The molecule has 2 aromatic rings. The van der Waals surface area contributed by atoms with Crippen LogP contribution in [0.1, 0.15) is 19.4 Å². The van der Waals surface area contributed by atoms with Gasteiger partial charge in [-0.15, -0.1) is 0 Å². The predicted octanol–water partition coefficient (Wildman–Crippen LogP) is 1.98. The van der Waals surface area contributed by atoms with Gasteiger partial charge in [0, 0.05) is 19.0 Å². The Morgan fingerprint density at radius 3 is 2.33 bits per heavy atom. The molecule has 18 heavy (non-hydrogen) atoms. The van der Waals surface area contributed by atoms with Gasteiger partial charge in [-0.3, -0.25) is 4.68 Å². The highest BCUT2D eigenvalue weighted by Crippen LogP contribution is 2.25. The van der Waals surface area contributed by atoms with Crippen LogP contribution in [-0.2, 0) is 13.5 Å². The molecule has 0 atom stereocenters. The van der Waals surface area contributed by atoms with Crippen molar-refractivity contribution in [1.29, 1.82) is 0 Å². The number of anilines is 1. The molecule has 0 saturated carbocycles. The lowest BCUT2D eigenvalue weighted by molar-refractivity contribution is 0.0810. The summed E-state index contributed by atoms with van der Waals surface area (Å²) in [6.07, 6.45) is 2.40. The van der Waals surface area contributed by atoms with E-state index in [1.54, 1.807) is 24.7 Å². The summed E-state index contributed by atoms with van der Waals surface area (Å²) in [6.45, 7) is 3.61. The van der Waals surface area contributed by atoms with Crippen molar-refractivity contribution in [1.82, 2.24) is 9.78 Å². The molecule has 0 saturated heterocycles. The number of rotatable bonds is 3. The average molecular weight is 245 g/mol. The van der Waals surface area contributed by atoms with Gasteiger partial charge in [0.25, 0.3) is 0 Å². The van der Waals surface area contributed by atoms with E-state index in [0.717, 1.165) is 16.7 Å². The normalized spacial score (nSPS) is 11.8. The van der Waals surface area contributed by atoms with Crippen molar-refractivity contribution in [3.05, 3.63) is 36.0 Å². The number of nitrogen functional groups attached to an aromatic ring is 1. The molecule has 0 bridgehead atoms. The fourth-order valence-electron chi connectivity index (χ4n) is 1.97. The number of aliphatic hydroxyl groups is 1. The maximum atomic E-state index is 9.77. The van der Waals surface area contributed by atoms with Crippen LogP contribution in [0.5, 0.6) is 0 Å². The van der Waals surface area contributed by atoms with Crippen LogP contribution in [0.4, 0.5) is 5.82 Å². The van der Waals surface area contributed by atoms with Crippen molar-refractivity contribution in [2.75, 3.05) is 5.73 Å². The van der Waals surface area contributed by atoms with Crippen LogP contribution in [0.2, 0.25) is 0 Å². The minimum absolute atomic E-state index is 0.635. The second kappa shape index (κ2) is 4.46. The smallest absolute Gasteiger partial charge is 0.129 e. The first kappa shape index (κ1) is 12.6. The molecule has 0 unspecified atom stereocenters. The van der Waals surface area contributed by atoms with Crippen molar-refractivity contribution >= 4 is 5.82 Å². The second-order valence-corrected chi connectivity index (χ2v) is 5.25. The summed E-state index contributed by atoms with van der Waals surface area (Å²) in [5.41, 5.74) is 8.33. The molecule has 2 rings (SSSR count). The van der Waals surface area contributed by atoms with E-state index in [1.165, 1.54) is 0 Å². The maximum absolute atomic E-state index is 9.77. The van der Waals surface area contributed by atoms with Gasteiger partial charge in [-0.2, -0.15) is 5.10 Å². The third-order valence-electron chi connectivity index (χ3n) is 2.89. The number of aromatic nitrogens is 2. The Morgan fingerprint density at radius 1 is 1.28 bits per heavy atom. The third-order valence-corrected chi connectivity index (χ3v) is 2.89. The summed E-state index contributed by atoms with van der Waals surface area (Å²) in [4.78, 5) is 0. The lowest BCUT2D eigenvalue weighted by atomic mass is 9.97. The number of benzene rings is 1. The van der Waals surface area contributed by atoms with Gasteiger partial charge in [0.2, 0.25) is 0 Å². The molecule has 1 aromatic carbocycles. The minimum atomic E-state index is -0.686. The summed E-state index contributed by atoms with van der Waals surface area (Å²) in [6, 6.07) is 8.04. The summed E-state index contributed by atoms with van der Waals surface area (Å²) >= 11 is 0. The summed E-state index contributed by atoms with van der Waals surface area (Å²) in [7, 11) is 1.82. The molecule has 3 N–H and O–H groups in total. The zero-order chi connectivity index (χ0) is 13.3. The predicted molar refractivity (Wildman–Crippen MR) is 73.1 cm³/mol. The molecule has 0 fully saturated rings. The Balaban J connectivity index is 2.25. The van der Waals surface area contributed by atoms with E-state index in [-0.39, 0.29) is 0 Å². The van der Waals surface area contributed by atoms with Gasteiger partial charge in [-0.1, -0.05) is 24.3 Å². The van der Waals surface area contributed by atoms with Crippen LogP contribution in [-0.4, -0.2) is 20.5 Å². The van der Waals surface area contributed by atoms with Crippen LogP contribution in [0.25, 0.3) is 11.1 Å². The summed E-state index contributed by atoms with van der Waals surface area (Å²) in [5, 5.41) is 13.9. The van der Waals surface area contributed by atoms with Gasteiger partial charge in [0.1, 0.15) is 5.82 Å². The van der Waals surface area contributed by atoms with Gasteiger partial charge in [-0.25, -0.2) is 0 Å². The molecule has 0 aliphatic rings. The Bertz CT molecular complexity index is 535. The molecule has 96 valence electrons. The molecule has 0 spiro atoms. The first-order valence-electron chi connectivity index (χ1n) is 5.96. The topological polar surface area (TPSA) is 64.1 Å². The molecule has 0 amide bonds. The molecule has 0 aliphatic heterocycles. The number of hydrogen-bond acceptors (Lipinski definition) is 3. The summed E-state index contributed by atoms with van der Waals surface area (Å²) < 4.78 is 1.65. The zero-order valence-electron chi connectivity index (χ0n) is 11.0. The molecule has 1 heterocycles. The highest BCUT2D eigenvalue weighted by molar-refractivity contribution is 5.73. The van der Waals surface area contributed by atoms with E-state index in [4.69, 9.17) is 5.73 Å². The monoisotopic (exact) mass is 245 g/mol. The first-order valence-corrected chi connectivity index (χ1v) is 5.96. The van der Waals surface area contributed by atoms with E-state index in [9.17, 15) is 5.11 Å². The average Bonchev–Trinajstić information content (AvgIpc) is 2.59. The van der Waals surface area contributed by atoms with Crippen molar-refractivity contribution in [3.8, 4) is 11.1 Å². The standard InChI is InChI=1S/C14H19N3O/c1-14(2,18)8-10-4-6-11(7-5-10)12-9-16-17(3)13(12)15/h4-7,9,18H,8,15H2,1-3H3. The van der Waals surface area contributed by atoms with Crippen LogP contribution in [0, 0.1) is 0 Å². The molecule has 1 aromatic heterocycles. The maximum Gasteiger partial charge on any atom is 0.129 e. The van der Waals surface area contributed by atoms with Crippen LogP contribution in [0.15, 0.2) is 30.5 Å². The van der Waals surface area contributed by atoms with Gasteiger partial charge < -0.3 is 10.8 Å². The van der Waals surface area contributed by atoms with Gasteiger partial charge >= 0.3 is 0 Å². The van der Waals surface area contributed by atoms with Crippen LogP contribution in [0.3, 0.4) is 0 Å². The molecular formula is C14H19N3O. The number of nitrogens with zero attached hydrogens (tertiary/aromatic N) is 2. The Hall–Kier alpha value is -1.81. The van der Waals surface area contributed by atoms with Crippen molar-refractivity contribution in [2.24, 2.45) is 7.05 Å². The van der Waals surface area contributed by atoms with Crippen LogP contribution < -0.4 is 5.73 Å². The Morgan fingerprint density at radius 2 is 1.89 bits per heavy atom. The van der Waals surface area contributed by atoms with Gasteiger partial charge in [-0.05, 0) is 25.0 Å².